The molecule has 2 N–H and O–H groups in total. The van der Waals surface area contributed by atoms with Gasteiger partial charge in [0.15, 0.2) is 0 Å². The van der Waals surface area contributed by atoms with Crippen LogP contribution in [0.25, 0.3) is 11.0 Å². The van der Waals surface area contributed by atoms with Gasteiger partial charge >= 0.3 is 0 Å². The first-order valence-corrected chi connectivity index (χ1v) is 9.60. The molecule has 0 bridgehead atoms. The molecule has 2 aromatic heterocycles. The molecular formula is C19H22FN5S. The summed E-state index contributed by atoms with van der Waals surface area (Å²) in [6.45, 7) is 2.25. The monoisotopic (exact) mass is 371 g/mol. The van der Waals surface area contributed by atoms with Crippen LogP contribution in [0.15, 0.2) is 47.8 Å². The van der Waals surface area contributed by atoms with E-state index in [1.54, 1.807) is 18.0 Å². The third-order valence-electron chi connectivity index (χ3n) is 5.02. The number of aromatic nitrogens is 3. The van der Waals surface area contributed by atoms with Crippen LogP contribution in [-0.4, -0.2) is 39.4 Å². The Balaban J connectivity index is 0.000000136. The van der Waals surface area contributed by atoms with Crippen LogP contribution < -0.4 is 5.32 Å². The van der Waals surface area contributed by atoms with Crippen molar-refractivity contribution < 1.29 is 4.39 Å². The van der Waals surface area contributed by atoms with E-state index in [1.165, 1.54) is 31.7 Å². The number of benzene rings is 1. The Morgan fingerprint density at radius 3 is 2.77 bits per heavy atom. The van der Waals surface area contributed by atoms with E-state index in [-0.39, 0.29) is 5.82 Å². The number of halogens is 1. The molecule has 0 radical (unpaired) electrons. The van der Waals surface area contributed by atoms with Gasteiger partial charge in [0, 0.05) is 26.3 Å². The summed E-state index contributed by atoms with van der Waals surface area (Å²) >= 11 is 1.58. The summed E-state index contributed by atoms with van der Waals surface area (Å²) < 4.78 is 15.7. The molecule has 1 saturated carbocycles. The lowest BCUT2D eigenvalue weighted by molar-refractivity contribution is 0.509. The zero-order valence-electron chi connectivity index (χ0n) is 14.7. The molecule has 7 heteroatoms. The number of anilines is 1. The van der Waals surface area contributed by atoms with Gasteiger partial charge in [-0.25, -0.2) is 18.7 Å². The summed E-state index contributed by atoms with van der Waals surface area (Å²) in [7, 11) is 1.84. The molecule has 0 unspecified atom stereocenters. The van der Waals surface area contributed by atoms with Crippen LogP contribution in [-0.2, 0) is 0 Å². The van der Waals surface area contributed by atoms with E-state index in [4.69, 9.17) is 0 Å². The second kappa shape index (κ2) is 7.25. The maximum absolute atomic E-state index is 13.4. The van der Waals surface area contributed by atoms with Gasteiger partial charge in [-0.15, -0.1) is 0 Å². The van der Waals surface area contributed by atoms with E-state index >= 15 is 0 Å². The van der Waals surface area contributed by atoms with Crippen LogP contribution in [0, 0.1) is 11.2 Å². The Kier molecular flexibility index (Phi) is 4.82. The van der Waals surface area contributed by atoms with Gasteiger partial charge in [-0.05, 0) is 54.8 Å². The molecule has 136 valence electrons. The van der Waals surface area contributed by atoms with E-state index in [2.05, 4.69) is 24.6 Å². The second-order valence-corrected chi connectivity index (χ2v) is 7.99. The minimum atomic E-state index is -0.0979. The average molecular weight is 371 g/mol. The number of nitrogens with one attached hydrogen (secondary N) is 2. The number of nitrogens with zero attached hydrogens (tertiary/aromatic N) is 3. The molecule has 0 atom stereocenters. The van der Waals surface area contributed by atoms with Crippen LogP contribution in [0.2, 0.25) is 0 Å². The van der Waals surface area contributed by atoms with E-state index in [1.807, 2.05) is 31.4 Å². The van der Waals surface area contributed by atoms with Gasteiger partial charge in [-0.1, -0.05) is 12.1 Å². The normalized spacial score (nSPS) is 17.9. The van der Waals surface area contributed by atoms with Gasteiger partial charge < -0.3 is 10.3 Å². The number of fused-ring (bicyclic) bond motifs is 1. The number of hydrogen-bond donors (Lipinski definition) is 2. The number of H-pyrrole nitrogens is 1. The number of aromatic amines is 1. The van der Waals surface area contributed by atoms with E-state index in [0.717, 1.165) is 34.8 Å². The van der Waals surface area contributed by atoms with Gasteiger partial charge in [-0.2, -0.15) is 0 Å². The average Bonchev–Trinajstić information content (AvgIpc) is 3.06. The first-order chi connectivity index (χ1) is 12.7. The Morgan fingerprint density at radius 1 is 1.19 bits per heavy atom. The first kappa shape index (κ1) is 17.3. The SMILES string of the molecule is CNc1ncnc2[nH]ccc12.Fc1ccccc1SN1CCC2(CC2)C1. The molecular weight excluding hydrogens is 349 g/mol. The molecule has 1 spiro atoms. The zero-order chi connectivity index (χ0) is 18.0. The number of rotatable bonds is 3. The molecule has 5 nitrogen and oxygen atoms in total. The summed E-state index contributed by atoms with van der Waals surface area (Å²) in [5.74, 6) is 0.760. The lowest BCUT2D eigenvalue weighted by Crippen LogP contribution is -2.12. The van der Waals surface area contributed by atoms with Crippen molar-refractivity contribution in [3.8, 4) is 0 Å². The van der Waals surface area contributed by atoms with E-state index in [9.17, 15) is 4.39 Å². The van der Waals surface area contributed by atoms with Crippen LogP contribution >= 0.6 is 11.9 Å². The van der Waals surface area contributed by atoms with Crippen molar-refractivity contribution in [2.24, 2.45) is 5.41 Å². The lowest BCUT2D eigenvalue weighted by atomic mass is 10.1. The largest absolute Gasteiger partial charge is 0.372 e. The molecule has 1 aliphatic carbocycles. The Hall–Kier alpha value is -2.12. The standard InChI is InChI=1S/C12H14FNS.C7H8N4/c13-10-3-1-2-4-11(10)15-14-8-7-12(9-14)5-6-12;1-8-6-5-2-3-9-7(5)11-4-10-6/h1-4H,5-9H2;2-4H,1H3,(H2,8,9,10,11). The molecule has 0 amide bonds. The van der Waals surface area contributed by atoms with Crippen LogP contribution in [0.5, 0.6) is 0 Å². The van der Waals surface area contributed by atoms with E-state index in [0.29, 0.717) is 5.41 Å². The summed E-state index contributed by atoms with van der Waals surface area (Å²) in [6, 6.07) is 8.98. The summed E-state index contributed by atoms with van der Waals surface area (Å²) in [5.41, 5.74) is 1.49. The van der Waals surface area contributed by atoms with E-state index < -0.39 is 0 Å². The lowest BCUT2D eigenvalue weighted by Gasteiger charge is -2.14. The topological polar surface area (TPSA) is 56.8 Å². The fourth-order valence-corrected chi connectivity index (χ4v) is 4.38. The molecule has 2 aliphatic rings. The predicted molar refractivity (Wildman–Crippen MR) is 104 cm³/mol. The van der Waals surface area contributed by atoms with Crippen LogP contribution in [0.4, 0.5) is 10.2 Å². The molecule has 2 fully saturated rings. The van der Waals surface area contributed by atoms with Crippen molar-refractivity contribution >= 4 is 28.8 Å². The van der Waals surface area contributed by atoms with Gasteiger partial charge in [0.2, 0.25) is 0 Å². The predicted octanol–water partition coefficient (Wildman–Crippen LogP) is 4.32. The van der Waals surface area contributed by atoms with Crippen molar-refractivity contribution in [1.82, 2.24) is 19.3 Å². The molecule has 1 aromatic carbocycles. The third-order valence-corrected chi connectivity index (χ3v) is 6.11. The Morgan fingerprint density at radius 2 is 2.04 bits per heavy atom. The highest BCUT2D eigenvalue weighted by Crippen LogP contribution is 2.54. The summed E-state index contributed by atoms with van der Waals surface area (Å²) in [5, 5.41) is 4.01. The molecule has 26 heavy (non-hydrogen) atoms. The Bertz CT molecular complexity index is 892. The molecule has 1 aliphatic heterocycles. The minimum absolute atomic E-state index is 0.0979. The molecule has 3 aromatic rings. The Labute approximate surface area is 156 Å². The van der Waals surface area contributed by atoms with Crippen molar-refractivity contribution in [3.05, 3.63) is 48.7 Å². The smallest absolute Gasteiger partial charge is 0.142 e. The minimum Gasteiger partial charge on any atom is -0.372 e. The second-order valence-electron chi connectivity index (χ2n) is 6.85. The fraction of sp³-hybridized carbons (Fsp3) is 0.368. The maximum Gasteiger partial charge on any atom is 0.142 e. The highest BCUT2D eigenvalue weighted by Gasteiger charge is 2.47. The quantitative estimate of drug-likeness (QED) is 0.672. The maximum atomic E-state index is 13.4. The molecule has 3 heterocycles. The van der Waals surface area contributed by atoms with Crippen molar-refractivity contribution in [3.63, 3.8) is 0 Å². The summed E-state index contributed by atoms with van der Waals surface area (Å²) in [4.78, 5) is 11.9. The fourth-order valence-electron chi connectivity index (χ4n) is 3.29. The zero-order valence-corrected chi connectivity index (χ0v) is 15.5. The van der Waals surface area contributed by atoms with Gasteiger partial charge in [0.1, 0.15) is 23.6 Å². The van der Waals surface area contributed by atoms with Crippen LogP contribution in [0.3, 0.4) is 0 Å². The van der Waals surface area contributed by atoms with Crippen molar-refractivity contribution in [2.75, 3.05) is 25.5 Å². The third kappa shape index (κ3) is 3.68. The molecule has 1 saturated heterocycles. The molecule has 5 rings (SSSR count). The van der Waals surface area contributed by atoms with Crippen molar-refractivity contribution in [1.29, 1.82) is 0 Å². The highest BCUT2D eigenvalue weighted by molar-refractivity contribution is 7.97. The van der Waals surface area contributed by atoms with Crippen LogP contribution in [0.1, 0.15) is 19.3 Å². The first-order valence-electron chi connectivity index (χ1n) is 8.82. The van der Waals surface area contributed by atoms with Crippen molar-refractivity contribution in [2.45, 2.75) is 24.2 Å². The van der Waals surface area contributed by atoms with Gasteiger partial charge in [0.05, 0.1) is 10.3 Å². The number of hydrogen-bond acceptors (Lipinski definition) is 5. The van der Waals surface area contributed by atoms with Gasteiger partial charge in [-0.3, -0.25) is 0 Å². The van der Waals surface area contributed by atoms with Gasteiger partial charge in [0.25, 0.3) is 0 Å². The summed E-state index contributed by atoms with van der Waals surface area (Å²) in [6.07, 6.45) is 7.43. The highest BCUT2D eigenvalue weighted by atomic mass is 32.2.